The minimum Gasteiger partial charge on any atom is -0.330 e. The van der Waals surface area contributed by atoms with Gasteiger partial charge in [0, 0.05) is 18.0 Å². The first-order chi connectivity index (χ1) is 12.1. The molecule has 1 amide bonds. The van der Waals surface area contributed by atoms with Crippen LogP contribution in [-0.4, -0.2) is 37.9 Å². The van der Waals surface area contributed by atoms with Crippen LogP contribution < -0.4 is 11.1 Å². The summed E-state index contributed by atoms with van der Waals surface area (Å²) in [4.78, 5) is 24.1. The van der Waals surface area contributed by atoms with Crippen molar-refractivity contribution < 1.29 is 9.59 Å². The molecule has 8 heteroatoms. The van der Waals surface area contributed by atoms with E-state index in [9.17, 15) is 9.59 Å². The van der Waals surface area contributed by atoms with E-state index in [-0.39, 0.29) is 18.4 Å². The molecule has 0 aliphatic rings. The molecule has 0 spiro atoms. The zero-order valence-corrected chi connectivity index (χ0v) is 14.0. The molecular weight excluding hydrogens is 320 g/mol. The van der Waals surface area contributed by atoms with Gasteiger partial charge in [0.25, 0.3) is 5.91 Å². The van der Waals surface area contributed by atoms with Crippen molar-refractivity contribution in [3.8, 4) is 0 Å². The number of nitrogens with one attached hydrogen (secondary N) is 1. The zero-order chi connectivity index (χ0) is 17.8. The molecule has 2 heterocycles. The summed E-state index contributed by atoms with van der Waals surface area (Å²) < 4.78 is 3.03. The molecule has 0 saturated carbocycles. The van der Waals surface area contributed by atoms with Crippen LogP contribution in [0.1, 0.15) is 23.7 Å². The second kappa shape index (κ2) is 7.27. The Labute approximate surface area is 144 Å². The van der Waals surface area contributed by atoms with Gasteiger partial charge < -0.3 is 11.1 Å². The van der Waals surface area contributed by atoms with Gasteiger partial charge in [0.2, 0.25) is 5.91 Å². The van der Waals surface area contributed by atoms with E-state index in [1.807, 2.05) is 30.5 Å². The summed E-state index contributed by atoms with van der Waals surface area (Å²) in [6.45, 7) is 2.29. The summed E-state index contributed by atoms with van der Waals surface area (Å²) in [6, 6.07) is 7.73. The SMILES string of the molecule is CCC(=O)Nc1cn(CC(=O)n2cc(CCN)c3ccccc32)nn1. The quantitative estimate of drug-likeness (QED) is 0.705. The lowest BCUT2D eigenvalue weighted by Crippen LogP contribution is -2.17. The van der Waals surface area contributed by atoms with E-state index in [2.05, 4.69) is 15.6 Å². The maximum absolute atomic E-state index is 12.7. The summed E-state index contributed by atoms with van der Waals surface area (Å²) in [5.74, 6) is 0.0415. The smallest absolute Gasteiger partial charge is 0.252 e. The second-order valence-corrected chi connectivity index (χ2v) is 5.68. The molecule has 0 radical (unpaired) electrons. The fourth-order valence-electron chi connectivity index (χ4n) is 2.69. The number of hydrogen-bond acceptors (Lipinski definition) is 5. The highest BCUT2D eigenvalue weighted by Crippen LogP contribution is 2.21. The Morgan fingerprint density at radius 2 is 2.04 bits per heavy atom. The number of nitrogens with two attached hydrogens (primary N) is 1. The first-order valence-corrected chi connectivity index (χ1v) is 8.14. The summed E-state index contributed by atoms with van der Waals surface area (Å²) in [5.41, 5.74) is 7.55. The van der Waals surface area contributed by atoms with Crippen molar-refractivity contribution in [2.75, 3.05) is 11.9 Å². The number of amides is 1. The Balaban J connectivity index is 1.82. The molecular formula is C17H20N6O2. The number of para-hydroxylation sites is 1. The molecule has 0 aliphatic heterocycles. The van der Waals surface area contributed by atoms with Crippen LogP contribution in [0.4, 0.5) is 5.82 Å². The Hall–Kier alpha value is -3.00. The van der Waals surface area contributed by atoms with Crippen LogP contribution in [0.25, 0.3) is 10.9 Å². The van der Waals surface area contributed by atoms with E-state index < -0.39 is 0 Å². The molecule has 8 nitrogen and oxygen atoms in total. The number of benzene rings is 1. The first kappa shape index (κ1) is 16.8. The lowest BCUT2D eigenvalue weighted by Gasteiger charge is -2.03. The van der Waals surface area contributed by atoms with Gasteiger partial charge in [-0.3, -0.25) is 14.2 Å². The second-order valence-electron chi connectivity index (χ2n) is 5.68. The molecule has 0 atom stereocenters. The number of aromatic nitrogens is 4. The van der Waals surface area contributed by atoms with Gasteiger partial charge in [0.1, 0.15) is 6.54 Å². The first-order valence-electron chi connectivity index (χ1n) is 8.14. The van der Waals surface area contributed by atoms with Gasteiger partial charge in [0.15, 0.2) is 5.82 Å². The molecule has 130 valence electrons. The molecule has 0 fully saturated rings. The Kier molecular flexibility index (Phi) is 4.90. The van der Waals surface area contributed by atoms with Crippen molar-refractivity contribution >= 4 is 28.5 Å². The third-order valence-corrected chi connectivity index (χ3v) is 3.90. The number of rotatable bonds is 6. The normalized spacial score (nSPS) is 11.0. The molecule has 3 rings (SSSR count). The van der Waals surface area contributed by atoms with Crippen LogP contribution in [-0.2, 0) is 17.8 Å². The molecule has 25 heavy (non-hydrogen) atoms. The minimum atomic E-state index is -0.152. The maximum atomic E-state index is 12.7. The number of carbonyl (C=O) groups excluding carboxylic acids is 2. The maximum Gasteiger partial charge on any atom is 0.252 e. The summed E-state index contributed by atoms with van der Waals surface area (Å²) in [6.07, 6.45) is 4.43. The minimum absolute atomic E-state index is 0.0235. The highest BCUT2D eigenvalue weighted by Gasteiger charge is 2.14. The standard InChI is InChI=1S/C17H20N6O2/c1-2-16(24)19-15-10-22(21-20-15)11-17(25)23-9-12(7-8-18)13-5-3-4-6-14(13)23/h3-6,9-10H,2,7-8,11,18H2,1H3,(H,19,24). The molecule has 1 aromatic carbocycles. The van der Waals surface area contributed by atoms with E-state index in [0.29, 0.717) is 25.2 Å². The fourth-order valence-corrected chi connectivity index (χ4v) is 2.69. The van der Waals surface area contributed by atoms with Crippen LogP contribution in [0, 0.1) is 0 Å². The Morgan fingerprint density at radius 3 is 2.80 bits per heavy atom. The molecule has 0 unspecified atom stereocenters. The molecule has 2 aromatic heterocycles. The van der Waals surface area contributed by atoms with Crippen molar-refractivity contribution in [3.05, 3.63) is 42.2 Å². The summed E-state index contributed by atoms with van der Waals surface area (Å²) in [7, 11) is 0. The van der Waals surface area contributed by atoms with Crippen LogP contribution in [0.2, 0.25) is 0 Å². The molecule has 0 saturated heterocycles. The average Bonchev–Trinajstić information content (AvgIpc) is 3.20. The van der Waals surface area contributed by atoms with Gasteiger partial charge in [0.05, 0.1) is 11.7 Å². The Bertz CT molecular complexity index is 911. The van der Waals surface area contributed by atoms with Crippen molar-refractivity contribution in [1.82, 2.24) is 19.6 Å². The van der Waals surface area contributed by atoms with E-state index in [1.54, 1.807) is 11.5 Å². The van der Waals surface area contributed by atoms with Crippen molar-refractivity contribution in [2.24, 2.45) is 5.73 Å². The van der Waals surface area contributed by atoms with Crippen molar-refractivity contribution in [1.29, 1.82) is 0 Å². The van der Waals surface area contributed by atoms with Gasteiger partial charge in [-0.05, 0) is 24.6 Å². The number of anilines is 1. The van der Waals surface area contributed by atoms with Gasteiger partial charge in [-0.15, -0.1) is 5.10 Å². The molecule has 3 aromatic rings. The number of carbonyl (C=O) groups is 2. The predicted octanol–water partition coefficient (Wildman–Crippen LogP) is 1.42. The van der Waals surface area contributed by atoms with Gasteiger partial charge in [-0.1, -0.05) is 30.3 Å². The largest absolute Gasteiger partial charge is 0.330 e. The topological polar surface area (TPSA) is 108 Å². The number of nitrogens with zero attached hydrogens (tertiary/aromatic N) is 4. The van der Waals surface area contributed by atoms with Crippen LogP contribution >= 0.6 is 0 Å². The van der Waals surface area contributed by atoms with E-state index in [0.717, 1.165) is 16.5 Å². The summed E-state index contributed by atoms with van der Waals surface area (Å²) >= 11 is 0. The highest BCUT2D eigenvalue weighted by atomic mass is 16.2. The third-order valence-electron chi connectivity index (χ3n) is 3.90. The molecule has 3 N–H and O–H groups in total. The van der Waals surface area contributed by atoms with Crippen LogP contribution in [0.15, 0.2) is 36.7 Å². The van der Waals surface area contributed by atoms with Crippen LogP contribution in [0.3, 0.4) is 0 Å². The number of hydrogen-bond donors (Lipinski definition) is 2. The third kappa shape index (κ3) is 3.58. The van der Waals surface area contributed by atoms with Gasteiger partial charge in [-0.2, -0.15) is 0 Å². The van der Waals surface area contributed by atoms with Crippen molar-refractivity contribution in [3.63, 3.8) is 0 Å². The van der Waals surface area contributed by atoms with E-state index >= 15 is 0 Å². The highest BCUT2D eigenvalue weighted by molar-refractivity contribution is 5.94. The average molecular weight is 340 g/mol. The predicted molar refractivity (Wildman–Crippen MR) is 94.3 cm³/mol. The van der Waals surface area contributed by atoms with E-state index in [1.165, 1.54) is 10.9 Å². The molecule has 0 aliphatic carbocycles. The lowest BCUT2D eigenvalue weighted by atomic mass is 10.1. The fraction of sp³-hybridized carbons (Fsp3) is 0.294. The Morgan fingerprint density at radius 1 is 1.24 bits per heavy atom. The molecule has 0 bridgehead atoms. The van der Waals surface area contributed by atoms with E-state index in [4.69, 9.17) is 5.73 Å². The zero-order valence-electron chi connectivity index (χ0n) is 14.0. The van der Waals surface area contributed by atoms with Crippen LogP contribution in [0.5, 0.6) is 0 Å². The van der Waals surface area contributed by atoms with Gasteiger partial charge >= 0.3 is 0 Å². The van der Waals surface area contributed by atoms with Crippen molar-refractivity contribution in [2.45, 2.75) is 26.3 Å². The lowest BCUT2D eigenvalue weighted by molar-refractivity contribution is -0.115. The number of fused-ring (bicyclic) bond motifs is 1. The monoisotopic (exact) mass is 340 g/mol. The summed E-state index contributed by atoms with van der Waals surface area (Å²) in [5, 5.41) is 11.4. The van der Waals surface area contributed by atoms with Gasteiger partial charge in [-0.25, -0.2) is 4.68 Å².